The van der Waals surface area contributed by atoms with Gasteiger partial charge in [0.25, 0.3) is 5.16 Å². The van der Waals surface area contributed by atoms with Crippen molar-refractivity contribution in [3.05, 3.63) is 33.9 Å². The van der Waals surface area contributed by atoms with Gasteiger partial charge in [-0.05, 0) is 12.1 Å². The zero-order valence-electron chi connectivity index (χ0n) is 13.0. The van der Waals surface area contributed by atoms with E-state index in [9.17, 15) is 18.5 Å². The highest BCUT2D eigenvalue weighted by Gasteiger charge is 2.28. The summed E-state index contributed by atoms with van der Waals surface area (Å²) in [5, 5.41) is 19.4. The average Bonchev–Trinajstić information content (AvgIpc) is 2.53. The second kappa shape index (κ2) is 6.57. The Balaban J connectivity index is 2.68. The first-order valence-electron chi connectivity index (χ1n) is 6.45. The van der Waals surface area contributed by atoms with Crippen LogP contribution in [0.4, 0.5) is 11.5 Å². The van der Waals surface area contributed by atoms with Gasteiger partial charge in [-0.3, -0.25) is 10.1 Å². The topological polar surface area (TPSA) is 171 Å². The molecule has 0 bridgehead atoms. The Labute approximate surface area is 141 Å². The second-order valence-electron chi connectivity index (χ2n) is 4.65. The molecule has 0 aliphatic carbocycles. The molecule has 2 aromatic rings. The molecule has 0 aliphatic heterocycles. The Morgan fingerprint density at radius 1 is 1.32 bits per heavy atom. The second-order valence-corrected chi connectivity index (χ2v) is 6.56. The lowest BCUT2D eigenvalue weighted by Gasteiger charge is -2.11. The van der Waals surface area contributed by atoms with Gasteiger partial charge >= 0.3 is 11.6 Å². The fourth-order valence-corrected chi connectivity index (χ4v) is 2.28. The lowest BCUT2D eigenvalue weighted by molar-refractivity contribution is -0.385. The molecule has 1 heterocycles. The maximum absolute atomic E-state index is 11.6. The first-order valence-corrected chi connectivity index (χ1v) is 8.34. The van der Waals surface area contributed by atoms with Crippen molar-refractivity contribution in [2.75, 3.05) is 19.1 Å². The monoisotopic (exact) mass is 365 g/mol. The van der Waals surface area contributed by atoms with Crippen molar-refractivity contribution in [1.29, 1.82) is 5.26 Å². The van der Waals surface area contributed by atoms with E-state index in [0.29, 0.717) is 0 Å². The van der Waals surface area contributed by atoms with Gasteiger partial charge < -0.3 is 15.2 Å². The molecule has 1 aromatic carbocycles. The van der Waals surface area contributed by atoms with Crippen LogP contribution in [-0.2, 0) is 9.84 Å². The molecule has 0 radical (unpaired) electrons. The standard InChI is InChI=1S/C13H11N5O6S/c1-23-8-4-3-7(6-14)5-9(8)24-12-10(18(19)20)11(15)16-13(17-12)25(2,21)22/h3-5H,1-2H3,(H2,15,16,17). The maximum Gasteiger partial charge on any atom is 0.373 e. The largest absolute Gasteiger partial charge is 0.493 e. The van der Waals surface area contributed by atoms with E-state index in [1.54, 1.807) is 0 Å². The lowest BCUT2D eigenvalue weighted by atomic mass is 10.2. The summed E-state index contributed by atoms with van der Waals surface area (Å²) in [7, 11) is -2.58. The predicted octanol–water partition coefficient (Wildman–Crippen LogP) is 1.04. The number of nitriles is 1. The summed E-state index contributed by atoms with van der Waals surface area (Å²) in [6.45, 7) is 0. The molecule has 0 aliphatic rings. The number of aromatic nitrogens is 2. The van der Waals surface area contributed by atoms with Crippen molar-refractivity contribution >= 4 is 21.3 Å². The van der Waals surface area contributed by atoms with E-state index in [4.69, 9.17) is 20.5 Å². The van der Waals surface area contributed by atoms with Crippen LogP contribution in [0, 0.1) is 21.4 Å². The molecule has 0 atom stereocenters. The molecule has 0 amide bonds. The molecule has 12 heteroatoms. The van der Waals surface area contributed by atoms with Crippen molar-refractivity contribution in [3.8, 4) is 23.4 Å². The number of anilines is 1. The summed E-state index contributed by atoms with van der Waals surface area (Å²) in [6.07, 6.45) is 0.814. The Bertz CT molecular complexity index is 999. The molecule has 0 unspecified atom stereocenters. The highest BCUT2D eigenvalue weighted by atomic mass is 32.2. The molecular weight excluding hydrogens is 354 g/mol. The van der Waals surface area contributed by atoms with Gasteiger partial charge in [0.1, 0.15) is 0 Å². The van der Waals surface area contributed by atoms with E-state index >= 15 is 0 Å². The molecule has 130 valence electrons. The molecule has 0 saturated heterocycles. The van der Waals surface area contributed by atoms with Crippen LogP contribution in [0.25, 0.3) is 0 Å². The fourth-order valence-electron chi connectivity index (χ4n) is 1.77. The summed E-state index contributed by atoms with van der Waals surface area (Å²) in [4.78, 5) is 17.3. The zero-order valence-corrected chi connectivity index (χ0v) is 13.8. The Kier molecular flexibility index (Phi) is 4.70. The van der Waals surface area contributed by atoms with Gasteiger partial charge in [0.2, 0.25) is 15.7 Å². The first-order chi connectivity index (χ1) is 11.7. The van der Waals surface area contributed by atoms with Crippen LogP contribution in [0.5, 0.6) is 17.4 Å². The number of nitrogens with zero attached hydrogens (tertiary/aromatic N) is 4. The lowest BCUT2D eigenvalue weighted by Crippen LogP contribution is -2.10. The van der Waals surface area contributed by atoms with E-state index in [-0.39, 0.29) is 17.1 Å². The van der Waals surface area contributed by atoms with Gasteiger partial charge in [-0.15, -0.1) is 0 Å². The van der Waals surface area contributed by atoms with E-state index in [0.717, 1.165) is 6.26 Å². The van der Waals surface area contributed by atoms with Crippen molar-refractivity contribution < 1.29 is 22.8 Å². The summed E-state index contributed by atoms with van der Waals surface area (Å²) >= 11 is 0. The normalized spacial score (nSPS) is 10.8. The number of hydrogen-bond donors (Lipinski definition) is 1. The number of benzene rings is 1. The molecule has 1 aromatic heterocycles. The van der Waals surface area contributed by atoms with Gasteiger partial charge in [-0.2, -0.15) is 15.2 Å². The van der Waals surface area contributed by atoms with E-state index in [2.05, 4.69) is 9.97 Å². The van der Waals surface area contributed by atoms with Gasteiger partial charge in [0.05, 0.1) is 23.7 Å². The highest BCUT2D eigenvalue weighted by molar-refractivity contribution is 7.90. The number of methoxy groups -OCH3 is 1. The smallest absolute Gasteiger partial charge is 0.373 e. The Morgan fingerprint density at radius 3 is 2.52 bits per heavy atom. The quantitative estimate of drug-likeness (QED) is 0.458. The summed E-state index contributed by atoms with van der Waals surface area (Å²) in [5.74, 6) is -1.30. The number of ether oxygens (including phenoxy) is 2. The molecule has 0 saturated carbocycles. The van der Waals surface area contributed by atoms with Crippen molar-refractivity contribution in [3.63, 3.8) is 0 Å². The predicted molar refractivity (Wildman–Crippen MR) is 84.0 cm³/mol. The number of sulfone groups is 1. The summed E-state index contributed by atoms with van der Waals surface area (Å²) in [6, 6.07) is 5.96. The number of nitrogens with two attached hydrogens (primary N) is 1. The molecule has 0 fully saturated rings. The minimum absolute atomic E-state index is 0.0813. The summed E-state index contributed by atoms with van der Waals surface area (Å²) in [5.41, 5.74) is 4.85. The van der Waals surface area contributed by atoms with Gasteiger partial charge in [0.15, 0.2) is 11.5 Å². The van der Waals surface area contributed by atoms with E-state index in [1.807, 2.05) is 6.07 Å². The molecule has 0 spiro atoms. The zero-order chi connectivity index (χ0) is 18.8. The van der Waals surface area contributed by atoms with Crippen LogP contribution in [-0.4, -0.2) is 36.7 Å². The number of rotatable bonds is 5. The molecule has 2 rings (SSSR count). The molecule has 2 N–H and O–H groups in total. The molecular formula is C13H11N5O6S. The number of nitro groups is 1. The molecule has 25 heavy (non-hydrogen) atoms. The number of nitrogen functional groups attached to an aromatic ring is 1. The Morgan fingerprint density at radius 2 is 2.00 bits per heavy atom. The highest BCUT2D eigenvalue weighted by Crippen LogP contribution is 2.38. The van der Waals surface area contributed by atoms with Crippen LogP contribution in [0.3, 0.4) is 0 Å². The van der Waals surface area contributed by atoms with Gasteiger partial charge in [-0.25, -0.2) is 8.42 Å². The third-order valence-corrected chi connectivity index (χ3v) is 3.72. The Hall–Kier alpha value is -3.46. The molecule has 11 nitrogen and oxygen atoms in total. The van der Waals surface area contributed by atoms with E-state index < -0.39 is 37.3 Å². The average molecular weight is 365 g/mol. The fraction of sp³-hybridized carbons (Fsp3) is 0.154. The SMILES string of the molecule is COc1ccc(C#N)cc1Oc1nc(S(C)(=O)=O)nc(N)c1[N+](=O)[O-]. The van der Waals surface area contributed by atoms with Crippen LogP contribution in [0.1, 0.15) is 5.56 Å². The van der Waals surface area contributed by atoms with Crippen LogP contribution in [0.15, 0.2) is 23.4 Å². The van der Waals surface area contributed by atoms with Crippen molar-refractivity contribution in [2.45, 2.75) is 5.16 Å². The van der Waals surface area contributed by atoms with Crippen molar-refractivity contribution in [1.82, 2.24) is 9.97 Å². The van der Waals surface area contributed by atoms with Gasteiger partial charge in [0, 0.05) is 12.3 Å². The third-order valence-electron chi connectivity index (χ3n) is 2.87. The summed E-state index contributed by atoms with van der Waals surface area (Å²) < 4.78 is 33.6. The number of hydrogen-bond acceptors (Lipinski definition) is 10. The van der Waals surface area contributed by atoms with Crippen molar-refractivity contribution in [2.24, 2.45) is 0 Å². The van der Waals surface area contributed by atoms with Crippen LogP contribution < -0.4 is 15.2 Å². The third kappa shape index (κ3) is 3.72. The minimum Gasteiger partial charge on any atom is -0.493 e. The maximum atomic E-state index is 11.6. The van der Waals surface area contributed by atoms with E-state index in [1.165, 1.54) is 25.3 Å². The van der Waals surface area contributed by atoms with Gasteiger partial charge in [-0.1, -0.05) is 0 Å². The first kappa shape index (κ1) is 17.9. The minimum atomic E-state index is -3.90. The van der Waals surface area contributed by atoms with Crippen LogP contribution in [0.2, 0.25) is 0 Å². The van der Waals surface area contributed by atoms with Crippen LogP contribution >= 0.6 is 0 Å².